The highest BCUT2D eigenvalue weighted by Gasteiger charge is 2.16. The van der Waals surface area contributed by atoms with Crippen LogP contribution in [0.2, 0.25) is 0 Å². The number of likely N-dealkylation sites (N-methyl/N-ethyl adjacent to an activating group) is 1. The second kappa shape index (κ2) is 8.86. The molecular formula is C14H30N2O2. The molecule has 1 saturated heterocycles. The lowest BCUT2D eigenvalue weighted by atomic mass is 10.2. The first-order valence-corrected chi connectivity index (χ1v) is 7.18. The van der Waals surface area contributed by atoms with Gasteiger partial charge < -0.3 is 19.3 Å². The van der Waals surface area contributed by atoms with Gasteiger partial charge in [-0.05, 0) is 26.4 Å². The highest BCUT2D eigenvalue weighted by atomic mass is 16.7. The molecule has 0 spiro atoms. The minimum Gasteiger partial charge on any atom is -0.353 e. The third-order valence-corrected chi connectivity index (χ3v) is 3.06. The Morgan fingerprint density at radius 3 is 2.28 bits per heavy atom. The summed E-state index contributed by atoms with van der Waals surface area (Å²) in [6.45, 7) is 10.7. The molecule has 0 aromatic heterocycles. The molecule has 0 radical (unpaired) electrons. The molecule has 0 saturated carbocycles. The lowest BCUT2D eigenvalue weighted by molar-refractivity contribution is -0.182. The summed E-state index contributed by atoms with van der Waals surface area (Å²) in [6.07, 6.45) is 2.04. The SMILES string of the molecule is CC(C)CN(CCC1OCCCO1)CCN(C)C. The second-order valence-electron chi connectivity index (χ2n) is 5.81. The van der Waals surface area contributed by atoms with Gasteiger partial charge in [-0.25, -0.2) is 0 Å². The van der Waals surface area contributed by atoms with E-state index in [2.05, 4.69) is 37.7 Å². The van der Waals surface area contributed by atoms with E-state index in [1.807, 2.05) is 0 Å². The van der Waals surface area contributed by atoms with Crippen molar-refractivity contribution in [1.29, 1.82) is 0 Å². The first kappa shape index (κ1) is 15.9. The Labute approximate surface area is 112 Å². The van der Waals surface area contributed by atoms with Crippen molar-refractivity contribution in [2.24, 2.45) is 5.92 Å². The van der Waals surface area contributed by atoms with E-state index in [9.17, 15) is 0 Å². The molecule has 108 valence electrons. The van der Waals surface area contributed by atoms with Gasteiger partial charge in [0.05, 0.1) is 13.2 Å². The van der Waals surface area contributed by atoms with Gasteiger partial charge in [-0.2, -0.15) is 0 Å². The van der Waals surface area contributed by atoms with Crippen LogP contribution in [-0.4, -0.2) is 69.6 Å². The van der Waals surface area contributed by atoms with E-state index in [4.69, 9.17) is 9.47 Å². The summed E-state index contributed by atoms with van der Waals surface area (Å²) in [6, 6.07) is 0. The fourth-order valence-corrected chi connectivity index (χ4v) is 2.14. The van der Waals surface area contributed by atoms with E-state index in [0.717, 1.165) is 52.2 Å². The van der Waals surface area contributed by atoms with E-state index in [0.29, 0.717) is 5.92 Å². The molecule has 0 N–H and O–H groups in total. The highest BCUT2D eigenvalue weighted by molar-refractivity contribution is 4.64. The number of hydrogen-bond donors (Lipinski definition) is 0. The Balaban J connectivity index is 2.25. The quantitative estimate of drug-likeness (QED) is 0.661. The van der Waals surface area contributed by atoms with E-state index in [1.165, 1.54) is 0 Å². The number of ether oxygens (including phenoxy) is 2. The van der Waals surface area contributed by atoms with Crippen LogP contribution < -0.4 is 0 Å². The van der Waals surface area contributed by atoms with Crippen molar-refractivity contribution in [1.82, 2.24) is 9.80 Å². The summed E-state index contributed by atoms with van der Waals surface area (Å²) in [5, 5.41) is 0. The molecule has 1 rings (SSSR count). The Bertz CT molecular complexity index is 204. The summed E-state index contributed by atoms with van der Waals surface area (Å²) in [5.74, 6) is 0.709. The maximum atomic E-state index is 5.60. The van der Waals surface area contributed by atoms with Crippen LogP contribution in [0.25, 0.3) is 0 Å². The van der Waals surface area contributed by atoms with Crippen molar-refractivity contribution in [3.63, 3.8) is 0 Å². The third-order valence-electron chi connectivity index (χ3n) is 3.06. The monoisotopic (exact) mass is 258 g/mol. The predicted octanol–water partition coefficient (Wildman–Crippen LogP) is 1.66. The van der Waals surface area contributed by atoms with Crippen molar-refractivity contribution in [3.8, 4) is 0 Å². The Hall–Kier alpha value is -0.160. The molecule has 18 heavy (non-hydrogen) atoms. The molecule has 1 aliphatic heterocycles. The Morgan fingerprint density at radius 1 is 1.06 bits per heavy atom. The van der Waals surface area contributed by atoms with Gasteiger partial charge in [0.1, 0.15) is 0 Å². The van der Waals surface area contributed by atoms with Crippen LogP contribution in [0.4, 0.5) is 0 Å². The van der Waals surface area contributed by atoms with Crippen molar-refractivity contribution < 1.29 is 9.47 Å². The minimum atomic E-state index is 0.0211. The smallest absolute Gasteiger partial charge is 0.158 e. The Kier molecular flexibility index (Phi) is 7.82. The van der Waals surface area contributed by atoms with Crippen LogP contribution in [-0.2, 0) is 9.47 Å². The first-order chi connectivity index (χ1) is 8.58. The third kappa shape index (κ3) is 7.31. The van der Waals surface area contributed by atoms with Crippen molar-refractivity contribution in [2.45, 2.75) is 33.0 Å². The van der Waals surface area contributed by atoms with E-state index in [1.54, 1.807) is 0 Å². The standard InChI is InChI=1S/C14H30N2O2/c1-13(2)12-16(9-8-15(3)4)7-6-14-17-10-5-11-18-14/h13-14H,5-12H2,1-4H3. The molecular weight excluding hydrogens is 228 g/mol. The van der Waals surface area contributed by atoms with Gasteiger partial charge in [0.25, 0.3) is 0 Å². The van der Waals surface area contributed by atoms with Crippen LogP contribution in [0, 0.1) is 5.92 Å². The maximum Gasteiger partial charge on any atom is 0.158 e. The molecule has 0 aromatic rings. The van der Waals surface area contributed by atoms with E-state index < -0.39 is 0 Å². The zero-order chi connectivity index (χ0) is 13.4. The summed E-state index contributed by atoms with van der Waals surface area (Å²) in [7, 11) is 4.25. The average molecular weight is 258 g/mol. The van der Waals surface area contributed by atoms with E-state index >= 15 is 0 Å². The summed E-state index contributed by atoms with van der Waals surface area (Å²) in [5.41, 5.74) is 0. The topological polar surface area (TPSA) is 24.9 Å². The van der Waals surface area contributed by atoms with Crippen LogP contribution in [0.3, 0.4) is 0 Å². The van der Waals surface area contributed by atoms with Crippen LogP contribution >= 0.6 is 0 Å². The molecule has 0 amide bonds. The lowest BCUT2D eigenvalue weighted by Crippen LogP contribution is -2.37. The molecule has 0 bridgehead atoms. The molecule has 1 fully saturated rings. The van der Waals surface area contributed by atoms with Gasteiger partial charge >= 0.3 is 0 Å². The summed E-state index contributed by atoms with van der Waals surface area (Å²) < 4.78 is 11.2. The Morgan fingerprint density at radius 2 is 1.72 bits per heavy atom. The molecule has 4 nitrogen and oxygen atoms in total. The average Bonchev–Trinajstić information content (AvgIpc) is 2.33. The largest absolute Gasteiger partial charge is 0.353 e. The fourth-order valence-electron chi connectivity index (χ4n) is 2.14. The van der Waals surface area contributed by atoms with Gasteiger partial charge in [-0.15, -0.1) is 0 Å². The van der Waals surface area contributed by atoms with Gasteiger partial charge in [-0.3, -0.25) is 0 Å². The molecule has 1 aliphatic rings. The van der Waals surface area contributed by atoms with Gasteiger partial charge in [-0.1, -0.05) is 13.8 Å². The highest BCUT2D eigenvalue weighted by Crippen LogP contribution is 2.10. The van der Waals surface area contributed by atoms with Crippen molar-refractivity contribution >= 4 is 0 Å². The van der Waals surface area contributed by atoms with Crippen molar-refractivity contribution in [3.05, 3.63) is 0 Å². The molecule has 0 atom stereocenters. The maximum absolute atomic E-state index is 5.60. The van der Waals surface area contributed by atoms with Gasteiger partial charge in [0.15, 0.2) is 6.29 Å². The molecule has 0 aliphatic carbocycles. The van der Waals surface area contributed by atoms with Crippen molar-refractivity contribution in [2.75, 3.05) is 53.5 Å². The second-order valence-corrected chi connectivity index (χ2v) is 5.81. The molecule has 0 unspecified atom stereocenters. The van der Waals surface area contributed by atoms with Crippen LogP contribution in [0.15, 0.2) is 0 Å². The van der Waals surface area contributed by atoms with Gasteiger partial charge in [0.2, 0.25) is 0 Å². The summed E-state index contributed by atoms with van der Waals surface area (Å²) >= 11 is 0. The number of hydrogen-bond acceptors (Lipinski definition) is 4. The normalized spacial score (nSPS) is 18.2. The zero-order valence-electron chi connectivity index (χ0n) is 12.5. The van der Waals surface area contributed by atoms with Crippen LogP contribution in [0.1, 0.15) is 26.7 Å². The zero-order valence-corrected chi connectivity index (χ0v) is 12.5. The molecule has 1 heterocycles. The predicted molar refractivity (Wildman–Crippen MR) is 74.8 cm³/mol. The van der Waals surface area contributed by atoms with Gasteiger partial charge in [0, 0.05) is 32.6 Å². The summed E-state index contributed by atoms with van der Waals surface area (Å²) in [4.78, 5) is 4.76. The minimum absolute atomic E-state index is 0.0211. The fraction of sp³-hybridized carbons (Fsp3) is 1.00. The number of nitrogens with zero attached hydrogens (tertiary/aromatic N) is 2. The first-order valence-electron chi connectivity index (χ1n) is 7.18. The molecule has 0 aromatic carbocycles. The lowest BCUT2D eigenvalue weighted by Gasteiger charge is -2.29. The van der Waals surface area contributed by atoms with Crippen LogP contribution in [0.5, 0.6) is 0 Å². The van der Waals surface area contributed by atoms with E-state index in [-0.39, 0.29) is 6.29 Å². The number of rotatable bonds is 8. The molecule has 4 heteroatoms.